The van der Waals surface area contributed by atoms with Crippen LogP contribution in [0.15, 0.2) is 29.6 Å². The van der Waals surface area contributed by atoms with Gasteiger partial charge in [-0.15, -0.1) is 22.9 Å². The minimum absolute atomic E-state index is 0.405. The van der Waals surface area contributed by atoms with Crippen molar-refractivity contribution in [1.29, 1.82) is 0 Å². The van der Waals surface area contributed by atoms with Crippen LogP contribution in [-0.2, 0) is 12.3 Å². The van der Waals surface area contributed by atoms with Gasteiger partial charge in [-0.25, -0.2) is 0 Å². The van der Waals surface area contributed by atoms with Crippen LogP contribution in [0.25, 0.3) is 0 Å². The fourth-order valence-electron chi connectivity index (χ4n) is 1.86. The topological polar surface area (TPSA) is 27.7 Å². The summed E-state index contributed by atoms with van der Waals surface area (Å²) in [6, 6.07) is 7.88. The first kappa shape index (κ1) is 15.0. The molecule has 1 aromatic carbocycles. The van der Waals surface area contributed by atoms with E-state index in [4.69, 9.17) is 25.8 Å². The summed E-state index contributed by atoms with van der Waals surface area (Å²) >= 11 is 7.58. The van der Waals surface area contributed by atoms with Crippen molar-refractivity contribution in [2.24, 2.45) is 0 Å². The predicted molar refractivity (Wildman–Crippen MR) is 82.6 cm³/mol. The molecule has 0 amide bonds. The van der Waals surface area contributed by atoms with Gasteiger partial charge in [0.2, 0.25) is 5.75 Å². The average molecular weight is 313 g/mol. The van der Waals surface area contributed by atoms with Gasteiger partial charge in [0.05, 0.1) is 20.8 Å². The van der Waals surface area contributed by atoms with Crippen molar-refractivity contribution in [2.75, 3.05) is 20.8 Å². The number of alkyl halides is 1. The Morgan fingerprint density at radius 2 is 1.85 bits per heavy atom. The van der Waals surface area contributed by atoms with Gasteiger partial charge in [-0.2, -0.15) is 0 Å². The molecule has 1 aromatic heterocycles. The highest BCUT2D eigenvalue weighted by atomic mass is 35.5. The second-order valence-corrected chi connectivity index (χ2v) is 5.44. The van der Waals surface area contributed by atoms with Crippen LogP contribution < -0.4 is 14.2 Å². The summed E-state index contributed by atoms with van der Waals surface area (Å²) in [5, 5.41) is 2.06. The van der Waals surface area contributed by atoms with E-state index in [9.17, 15) is 0 Å². The summed E-state index contributed by atoms with van der Waals surface area (Å²) in [7, 11) is 3.22. The molecule has 0 saturated heterocycles. The summed E-state index contributed by atoms with van der Waals surface area (Å²) in [5.41, 5.74) is 0.936. The largest absolute Gasteiger partial charge is 0.493 e. The molecule has 0 aliphatic heterocycles. The molecule has 0 unspecified atom stereocenters. The molecule has 0 aliphatic carbocycles. The number of benzene rings is 1. The highest BCUT2D eigenvalue weighted by Crippen LogP contribution is 2.39. The van der Waals surface area contributed by atoms with Crippen molar-refractivity contribution in [3.05, 3.63) is 40.1 Å². The Morgan fingerprint density at radius 1 is 1.15 bits per heavy atom. The molecule has 0 aliphatic rings. The lowest BCUT2D eigenvalue weighted by molar-refractivity contribution is 0.278. The maximum atomic E-state index is 5.86. The van der Waals surface area contributed by atoms with E-state index in [1.807, 2.05) is 18.2 Å². The monoisotopic (exact) mass is 312 g/mol. The van der Waals surface area contributed by atoms with Crippen LogP contribution in [0.3, 0.4) is 0 Å². The molecule has 0 bridgehead atoms. The van der Waals surface area contributed by atoms with Crippen molar-refractivity contribution < 1.29 is 14.2 Å². The van der Waals surface area contributed by atoms with Gasteiger partial charge in [0, 0.05) is 17.2 Å². The average Bonchev–Trinajstić information content (AvgIpc) is 3.00. The van der Waals surface area contributed by atoms with Crippen molar-refractivity contribution in [3.8, 4) is 17.2 Å². The zero-order valence-corrected chi connectivity index (χ0v) is 13.1. The van der Waals surface area contributed by atoms with Crippen LogP contribution in [0, 0.1) is 0 Å². The van der Waals surface area contributed by atoms with Gasteiger partial charge in [-0.3, -0.25) is 0 Å². The Bertz CT molecular complexity index is 515. The van der Waals surface area contributed by atoms with E-state index in [-0.39, 0.29) is 0 Å². The number of hydrogen-bond donors (Lipinski definition) is 0. The normalized spacial score (nSPS) is 10.3. The molecule has 2 aromatic rings. The van der Waals surface area contributed by atoms with Gasteiger partial charge in [0.15, 0.2) is 11.5 Å². The van der Waals surface area contributed by atoms with E-state index in [2.05, 4.69) is 11.4 Å². The molecule has 2 rings (SSSR count). The molecule has 0 fully saturated rings. The van der Waals surface area contributed by atoms with Crippen molar-refractivity contribution in [2.45, 2.75) is 12.3 Å². The Labute approximate surface area is 128 Å². The summed E-state index contributed by atoms with van der Waals surface area (Å²) in [6.45, 7) is 0.577. The van der Waals surface area contributed by atoms with E-state index >= 15 is 0 Å². The molecule has 0 N–H and O–H groups in total. The maximum Gasteiger partial charge on any atom is 0.203 e. The van der Waals surface area contributed by atoms with Crippen LogP contribution in [-0.4, -0.2) is 20.8 Å². The van der Waals surface area contributed by atoms with Crippen molar-refractivity contribution in [3.63, 3.8) is 0 Å². The van der Waals surface area contributed by atoms with Crippen molar-refractivity contribution >= 4 is 22.9 Å². The lowest BCUT2D eigenvalue weighted by Crippen LogP contribution is -2.04. The first-order chi connectivity index (χ1) is 9.78. The van der Waals surface area contributed by atoms with E-state index in [1.54, 1.807) is 25.6 Å². The molecule has 5 heteroatoms. The molecule has 20 heavy (non-hydrogen) atoms. The Balaban J connectivity index is 2.12. The summed E-state index contributed by atoms with van der Waals surface area (Å²) in [4.78, 5) is 1.29. The third-order valence-corrected chi connectivity index (χ3v) is 4.09. The Hall–Kier alpha value is -1.39. The second-order valence-electron chi connectivity index (χ2n) is 4.14. The Kier molecular flexibility index (Phi) is 5.56. The first-order valence-electron chi connectivity index (χ1n) is 6.24. The molecular formula is C15H17ClO3S. The highest BCUT2D eigenvalue weighted by Gasteiger charge is 2.14. The maximum absolute atomic E-state index is 5.86. The minimum Gasteiger partial charge on any atom is -0.493 e. The molecule has 0 spiro atoms. The van der Waals surface area contributed by atoms with E-state index in [1.165, 1.54) is 4.88 Å². The molecule has 108 valence electrons. The fraction of sp³-hybridized carbons (Fsp3) is 0.333. The number of hydrogen-bond acceptors (Lipinski definition) is 4. The van der Waals surface area contributed by atoms with Gasteiger partial charge in [-0.1, -0.05) is 6.07 Å². The minimum atomic E-state index is 0.405. The molecule has 0 saturated carbocycles. The van der Waals surface area contributed by atoms with E-state index in [0.29, 0.717) is 29.7 Å². The SMILES string of the molecule is COc1cc(CCl)cc(OC)c1OCCc1cccs1. The highest BCUT2D eigenvalue weighted by molar-refractivity contribution is 7.09. The van der Waals surface area contributed by atoms with Gasteiger partial charge in [0.1, 0.15) is 0 Å². The van der Waals surface area contributed by atoms with Gasteiger partial charge >= 0.3 is 0 Å². The molecule has 0 atom stereocenters. The number of ether oxygens (including phenoxy) is 3. The number of halogens is 1. The Morgan fingerprint density at radius 3 is 2.35 bits per heavy atom. The van der Waals surface area contributed by atoms with Crippen LogP contribution in [0.2, 0.25) is 0 Å². The van der Waals surface area contributed by atoms with Crippen LogP contribution in [0.1, 0.15) is 10.4 Å². The van der Waals surface area contributed by atoms with E-state index in [0.717, 1.165) is 12.0 Å². The standard InChI is InChI=1S/C15H17ClO3S/c1-17-13-8-11(10-16)9-14(18-2)15(13)19-6-5-12-4-3-7-20-12/h3-4,7-9H,5-6,10H2,1-2H3. The summed E-state index contributed by atoms with van der Waals surface area (Å²) < 4.78 is 16.6. The second kappa shape index (κ2) is 7.41. The smallest absolute Gasteiger partial charge is 0.203 e. The quantitative estimate of drug-likeness (QED) is 0.720. The predicted octanol–water partition coefficient (Wildman–Crippen LogP) is 4.13. The first-order valence-corrected chi connectivity index (χ1v) is 7.66. The summed E-state index contributed by atoms with van der Waals surface area (Å²) in [5.74, 6) is 2.32. The molecule has 1 heterocycles. The molecule has 3 nitrogen and oxygen atoms in total. The molecule has 0 radical (unpaired) electrons. The lowest BCUT2D eigenvalue weighted by atomic mass is 10.2. The van der Waals surface area contributed by atoms with Crippen LogP contribution in [0.5, 0.6) is 17.2 Å². The summed E-state index contributed by atoms with van der Waals surface area (Å²) in [6.07, 6.45) is 0.862. The third-order valence-electron chi connectivity index (χ3n) is 2.85. The molecular weight excluding hydrogens is 296 g/mol. The van der Waals surface area contributed by atoms with Crippen LogP contribution in [0.4, 0.5) is 0 Å². The number of methoxy groups -OCH3 is 2. The zero-order valence-electron chi connectivity index (χ0n) is 11.5. The van der Waals surface area contributed by atoms with Gasteiger partial charge in [0.25, 0.3) is 0 Å². The van der Waals surface area contributed by atoms with Crippen LogP contribution >= 0.6 is 22.9 Å². The third kappa shape index (κ3) is 3.58. The zero-order chi connectivity index (χ0) is 14.4. The lowest BCUT2D eigenvalue weighted by Gasteiger charge is -2.15. The van der Waals surface area contributed by atoms with E-state index < -0.39 is 0 Å². The number of rotatable bonds is 7. The van der Waals surface area contributed by atoms with Gasteiger partial charge < -0.3 is 14.2 Å². The number of thiophene rings is 1. The van der Waals surface area contributed by atoms with Gasteiger partial charge in [-0.05, 0) is 29.1 Å². The van der Waals surface area contributed by atoms with Crippen molar-refractivity contribution in [1.82, 2.24) is 0 Å². The fourth-order valence-corrected chi connectivity index (χ4v) is 2.71.